The third-order valence-electron chi connectivity index (χ3n) is 4.09. The van der Waals surface area contributed by atoms with E-state index in [0.29, 0.717) is 6.42 Å². The number of fused-ring (bicyclic) bond motifs is 1. The number of hydrogen-bond donors (Lipinski definition) is 0. The normalized spacial score (nSPS) is 30.9. The summed E-state index contributed by atoms with van der Waals surface area (Å²) in [4.78, 5) is 12.2. The SMILES string of the molecule is COC1CCCC2(CC(=O)c3ccccc3O2)C1. The van der Waals surface area contributed by atoms with Gasteiger partial charge in [-0.2, -0.15) is 0 Å². The molecule has 3 rings (SSSR count). The molecule has 1 spiro atoms. The fraction of sp³-hybridized carbons (Fsp3) is 0.533. The minimum atomic E-state index is -0.329. The first-order valence-electron chi connectivity index (χ1n) is 6.56. The van der Waals surface area contributed by atoms with E-state index < -0.39 is 0 Å². The standard InChI is InChI=1S/C15H18O3/c1-17-11-5-4-8-15(9-11)10-13(16)12-6-2-3-7-14(12)18-15/h2-3,6-7,11H,4-5,8-10H2,1H3. The fourth-order valence-electron chi connectivity index (χ4n) is 3.17. The molecule has 3 heteroatoms. The van der Waals surface area contributed by atoms with Gasteiger partial charge in [0, 0.05) is 13.5 Å². The second-order valence-corrected chi connectivity index (χ2v) is 5.34. The minimum Gasteiger partial charge on any atom is -0.486 e. The Balaban J connectivity index is 1.90. The number of rotatable bonds is 1. The van der Waals surface area contributed by atoms with Gasteiger partial charge in [0.1, 0.15) is 11.4 Å². The van der Waals surface area contributed by atoms with Crippen molar-refractivity contribution in [2.75, 3.05) is 7.11 Å². The molecular formula is C15H18O3. The van der Waals surface area contributed by atoms with Gasteiger partial charge in [-0.25, -0.2) is 0 Å². The van der Waals surface area contributed by atoms with Crippen LogP contribution in [-0.4, -0.2) is 24.6 Å². The Hall–Kier alpha value is -1.35. The highest BCUT2D eigenvalue weighted by molar-refractivity contribution is 6.00. The summed E-state index contributed by atoms with van der Waals surface area (Å²) < 4.78 is 11.6. The third kappa shape index (κ3) is 1.93. The van der Waals surface area contributed by atoms with Gasteiger partial charge in [-0.3, -0.25) is 4.79 Å². The first-order chi connectivity index (χ1) is 8.72. The molecule has 0 radical (unpaired) electrons. The quantitative estimate of drug-likeness (QED) is 0.764. The molecule has 0 bridgehead atoms. The molecule has 1 aromatic rings. The van der Waals surface area contributed by atoms with Crippen molar-refractivity contribution in [2.45, 2.75) is 43.8 Å². The van der Waals surface area contributed by atoms with Crippen molar-refractivity contribution in [3.8, 4) is 5.75 Å². The number of ketones is 1. The number of Topliss-reactive ketones (excluding diaryl/α,β-unsaturated/α-hetero) is 1. The Kier molecular flexibility index (Phi) is 2.86. The Morgan fingerprint density at radius 1 is 1.39 bits per heavy atom. The summed E-state index contributed by atoms with van der Waals surface area (Å²) >= 11 is 0. The van der Waals surface area contributed by atoms with Crippen molar-refractivity contribution in [3.05, 3.63) is 29.8 Å². The second-order valence-electron chi connectivity index (χ2n) is 5.34. The molecule has 1 fully saturated rings. The lowest BCUT2D eigenvalue weighted by Gasteiger charge is -2.43. The van der Waals surface area contributed by atoms with E-state index >= 15 is 0 Å². The van der Waals surface area contributed by atoms with Crippen molar-refractivity contribution in [1.82, 2.24) is 0 Å². The van der Waals surface area contributed by atoms with Crippen LogP contribution in [0, 0.1) is 0 Å². The van der Waals surface area contributed by atoms with E-state index in [-0.39, 0.29) is 17.5 Å². The summed E-state index contributed by atoms with van der Waals surface area (Å²) in [5, 5.41) is 0. The van der Waals surface area contributed by atoms with Crippen LogP contribution < -0.4 is 4.74 Å². The van der Waals surface area contributed by atoms with Gasteiger partial charge in [0.25, 0.3) is 0 Å². The molecule has 3 nitrogen and oxygen atoms in total. The molecule has 0 N–H and O–H groups in total. The van der Waals surface area contributed by atoms with E-state index in [0.717, 1.165) is 37.0 Å². The molecule has 2 atom stereocenters. The molecule has 1 saturated carbocycles. The number of carbonyl (C=O) groups is 1. The molecule has 0 aromatic heterocycles. The van der Waals surface area contributed by atoms with Gasteiger partial charge >= 0.3 is 0 Å². The van der Waals surface area contributed by atoms with Crippen LogP contribution >= 0.6 is 0 Å². The third-order valence-corrected chi connectivity index (χ3v) is 4.09. The van der Waals surface area contributed by atoms with Gasteiger partial charge in [-0.1, -0.05) is 12.1 Å². The number of benzene rings is 1. The average molecular weight is 246 g/mol. The largest absolute Gasteiger partial charge is 0.486 e. The van der Waals surface area contributed by atoms with E-state index in [1.54, 1.807) is 7.11 Å². The molecule has 0 amide bonds. The van der Waals surface area contributed by atoms with E-state index in [4.69, 9.17) is 9.47 Å². The maximum absolute atomic E-state index is 12.2. The summed E-state index contributed by atoms with van der Waals surface area (Å²) in [6.45, 7) is 0. The maximum atomic E-state index is 12.2. The Bertz CT molecular complexity index is 469. The maximum Gasteiger partial charge on any atom is 0.170 e. The van der Waals surface area contributed by atoms with E-state index in [1.165, 1.54) is 0 Å². The summed E-state index contributed by atoms with van der Waals surface area (Å²) in [7, 11) is 1.74. The topological polar surface area (TPSA) is 35.5 Å². The molecule has 18 heavy (non-hydrogen) atoms. The van der Waals surface area contributed by atoms with Crippen LogP contribution in [0.15, 0.2) is 24.3 Å². The van der Waals surface area contributed by atoms with Gasteiger partial charge in [0.15, 0.2) is 5.78 Å². The summed E-state index contributed by atoms with van der Waals surface area (Å²) in [5.74, 6) is 0.944. The van der Waals surface area contributed by atoms with Crippen molar-refractivity contribution in [1.29, 1.82) is 0 Å². The first-order valence-corrected chi connectivity index (χ1v) is 6.56. The first kappa shape index (κ1) is 11.7. The lowest BCUT2D eigenvalue weighted by atomic mass is 9.77. The molecule has 96 valence electrons. The van der Waals surface area contributed by atoms with Gasteiger partial charge in [0.05, 0.1) is 18.1 Å². The van der Waals surface area contributed by atoms with Crippen molar-refractivity contribution in [2.24, 2.45) is 0 Å². The Labute approximate surface area is 107 Å². The lowest BCUT2D eigenvalue weighted by molar-refractivity contribution is -0.0466. The Morgan fingerprint density at radius 3 is 3.06 bits per heavy atom. The molecule has 2 aliphatic rings. The van der Waals surface area contributed by atoms with Crippen LogP contribution in [0.3, 0.4) is 0 Å². The monoisotopic (exact) mass is 246 g/mol. The van der Waals surface area contributed by atoms with Crippen LogP contribution in [0.5, 0.6) is 5.75 Å². The van der Waals surface area contributed by atoms with Crippen molar-refractivity contribution in [3.63, 3.8) is 0 Å². The summed E-state index contributed by atoms with van der Waals surface area (Å²) in [6.07, 6.45) is 4.61. The molecule has 1 aromatic carbocycles. The van der Waals surface area contributed by atoms with E-state index in [9.17, 15) is 4.79 Å². The number of para-hydroxylation sites is 1. The molecular weight excluding hydrogens is 228 g/mol. The zero-order chi connectivity index (χ0) is 12.6. The summed E-state index contributed by atoms with van der Waals surface area (Å²) in [6, 6.07) is 7.55. The molecule has 1 aliphatic heterocycles. The predicted molar refractivity (Wildman–Crippen MR) is 68.0 cm³/mol. The predicted octanol–water partition coefficient (Wildman–Crippen LogP) is 2.98. The number of carbonyl (C=O) groups excluding carboxylic acids is 1. The number of ether oxygens (including phenoxy) is 2. The Morgan fingerprint density at radius 2 is 2.22 bits per heavy atom. The van der Waals surface area contributed by atoms with Crippen LogP contribution in [0.25, 0.3) is 0 Å². The van der Waals surface area contributed by atoms with Gasteiger partial charge in [0.2, 0.25) is 0 Å². The zero-order valence-corrected chi connectivity index (χ0v) is 10.6. The second kappa shape index (κ2) is 4.39. The van der Waals surface area contributed by atoms with Gasteiger partial charge in [-0.05, 0) is 31.4 Å². The number of methoxy groups -OCH3 is 1. The highest BCUT2D eigenvalue weighted by Gasteiger charge is 2.44. The van der Waals surface area contributed by atoms with Crippen LogP contribution in [0.1, 0.15) is 42.5 Å². The van der Waals surface area contributed by atoms with Crippen molar-refractivity contribution >= 4 is 5.78 Å². The van der Waals surface area contributed by atoms with Crippen LogP contribution in [0.2, 0.25) is 0 Å². The lowest BCUT2D eigenvalue weighted by Crippen LogP contribution is -2.47. The minimum absolute atomic E-state index is 0.202. The van der Waals surface area contributed by atoms with E-state index in [2.05, 4.69) is 0 Å². The molecule has 0 saturated heterocycles. The highest BCUT2D eigenvalue weighted by atomic mass is 16.5. The van der Waals surface area contributed by atoms with Gasteiger partial charge < -0.3 is 9.47 Å². The van der Waals surface area contributed by atoms with E-state index in [1.807, 2.05) is 24.3 Å². The number of hydrogen-bond acceptors (Lipinski definition) is 3. The molecule has 1 aliphatic carbocycles. The summed E-state index contributed by atoms with van der Waals surface area (Å²) in [5.41, 5.74) is 0.396. The fourth-order valence-corrected chi connectivity index (χ4v) is 3.17. The molecule has 1 heterocycles. The van der Waals surface area contributed by atoms with Crippen LogP contribution in [-0.2, 0) is 4.74 Å². The highest BCUT2D eigenvalue weighted by Crippen LogP contribution is 2.42. The zero-order valence-electron chi connectivity index (χ0n) is 10.6. The smallest absolute Gasteiger partial charge is 0.170 e. The average Bonchev–Trinajstić information content (AvgIpc) is 2.38. The van der Waals surface area contributed by atoms with Gasteiger partial charge in [-0.15, -0.1) is 0 Å². The van der Waals surface area contributed by atoms with Crippen molar-refractivity contribution < 1.29 is 14.3 Å². The van der Waals surface area contributed by atoms with Crippen LogP contribution in [0.4, 0.5) is 0 Å². The molecule has 2 unspecified atom stereocenters.